The average Bonchev–Trinajstić information content (AvgIpc) is 3.01. The largest absolute Gasteiger partial charge is 0.399 e. The van der Waals surface area contributed by atoms with E-state index in [1.807, 2.05) is 59.1 Å². The Morgan fingerprint density at radius 2 is 1.85 bits per heavy atom. The smallest absolute Gasteiger partial charge is 0.255 e. The molecule has 2 aliphatic heterocycles. The highest BCUT2D eigenvalue weighted by molar-refractivity contribution is 8.00. The Morgan fingerprint density at radius 3 is 2.65 bits per heavy atom. The molecule has 2 N–H and O–H groups in total. The molecule has 0 radical (unpaired) electrons. The third-order valence-corrected chi connectivity index (χ3v) is 5.56. The molecule has 1 atom stereocenters. The van der Waals surface area contributed by atoms with Gasteiger partial charge in [0.15, 0.2) is 0 Å². The normalized spacial score (nSPS) is 23.8. The van der Waals surface area contributed by atoms with Crippen molar-refractivity contribution in [3.63, 3.8) is 0 Å². The Hall–Kier alpha value is -1.94. The van der Waals surface area contributed by atoms with Gasteiger partial charge in [0.2, 0.25) is 0 Å². The van der Waals surface area contributed by atoms with Crippen molar-refractivity contribution in [2.75, 3.05) is 18.0 Å². The van der Waals surface area contributed by atoms with Gasteiger partial charge in [0, 0.05) is 29.1 Å². The van der Waals surface area contributed by atoms with Crippen LogP contribution in [0.1, 0.15) is 21.5 Å². The summed E-state index contributed by atoms with van der Waals surface area (Å²) in [4.78, 5) is 14.2. The number of anilines is 1. The van der Waals surface area contributed by atoms with Gasteiger partial charge in [-0.05, 0) is 23.8 Å². The van der Waals surface area contributed by atoms with E-state index in [1.54, 1.807) is 0 Å². The lowest BCUT2D eigenvalue weighted by molar-refractivity contribution is 0.0752. The first-order chi connectivity index (χ1) is 9.73. The molecule has 4 rings (SSSR count). The number of carbonyl (C=O) groups excluding carboxylic acids is 1. The highest BCUT2D eigenvalue weighted by Crippen LogP contribution is 2.55. The molecule has 2 aromatic carbocycles. The van der Waals surface area contributed by atoms with Crippen molar-refractivity contribution < 1.29 is 4.79 Å². The molecule has 2 aromatic rings. The first-order valence-electron chi connectivity index (χ1n) is 6.65. The molecule has 1 saturated heterocycles. The summed E-state index contributed by atoms with van der Waals surface area (Å²) in [5, 5.41) is 0. The lowest BCUT2D eigenvalue weighted by atomic mass is 9.97. The van der Waals surface area contributed by atoms with E-state index in [0.717, 1.165) is 34.7 Å². The van der Waals surface area contributed by atoms with Gasteiger partial charge in [-0.2, -0.15) is 0 Å². The molecule has 1 amide bonds. The van der Waals surface area contributed by atoms with Gasteiger partial charge in [-0.15, -0.1) is 11.8 Å². The van der Waals surface area contributed by atoms with E-state index in [0.29, 0.717) is 0 Å². The molecule has 3 nitrogen and oxygen atoms in total. The quantitative estimate of drug-likeness (QED) is 0.818. The Bertz CT molecular complexity index is 698. The van der Waals surface area contributed by atoms with Gasteiger partial charge in [-0.25, -0.2) is 0 Å². The van der Waals surface area contributed by atoms with Gasteiger partial charge in [0.25, 0.3) is 5.91 Å². The van der Waals surface area contributed by atoms with Crippen molar-refractivity contribution in [1.29, 1.82) is 0 Å². The second-order valence-corrected chi connectivity index (χ2v) is 6.40. The predicted octanol–water partition coefficient (Wildman–Crippen LogP) is 2.67. The van der Waals surface area contributed by atoms with Crippen molar-refractivity contribution in [1.82, 2.24) is 4.90 Å². The monoisotopic (exact) mass is 282 g/mol. The zero-order chi connectivity index (χ0) is 13.7. The third kappa shape index (κ3) is 1.34. The number of nitrogen functional groups attached to an aromatic ring is 1. The van der Waals surface area contributed by atoms with Crippen LogP contribution in [0.4, 0.5) is 5.69 Å². The van der Waals surface area contributed by atoms with E-state index in [9.17, 15) is 4.79 Å². The summed E-state index contributed by atoms with van der Waals surface area (Å²) in [6.45, 7) is 0.794. The maximum Gasteiger partial charge on any atom is 0.255 e. The minimum Gasteiger partial charge on any atom is -0.399 e. The first kappa shape index (κ1) is 11.9. The maximum absolute atomic E-state index is 12.6. The molecule has 100 valence electrons. The highest BCUT2D eigenvalue weighted by Gasteiger charge is 2.54. The van der Waals surface area contributed by atoms with E-state index in [4.69, 9.17) is 5.73 Å². The number of thioether (sulfide) groups is 1. The van der Waals surface area contributed by atoms with Crippen LogP contribution in [0.5, 0.6) is 0 Å². The number of nitrogens with zero attached hydrogens (tertiary/aromatic N) is 1. The summed E-state index contributed by atoms with van der Waals surface area (Å²) in [5.41, 5.74) is 9.61. The predicted molar refractivity (Wildman–Crippen MR) is 81.6 cm³/mol. The van der Waals surface area contributed by atoms with Crippen LogP contribution in [0.2, 0.25) is 0 Å². The summed E-state index contributed by atoms with van der Waals surface area (Å²) < 4.78 is 0. The van der Waals surface area contributed by atoms with Gasteiger partial charge in [-0.3, -0.25) is 4.79 Å². The van der Waals surface area contributed by atoms with Crippen molar-refractivity contribution >= 4 is 23.4 Å². The van der Waals surface area contributed by atoms with E-state index in [2.05, 4.69) is 6.07 Å². The fraction of sp³-hybridized carbons (Fsp3) is 0.188. The SMILES string of the molecule is Nc1ccc(C23SCCN2C(=O)c2ccccc23)cc1. The first-order valence-corrected chi connectivity index (χ1v) is 7.63. The third-order valence-electron chi connectivity index (χ3n) is 4.08. The molecule has 1 unspecified atom stereocenters. The van der Waals surface area contributed by atoms with E-state index >= 15 is 0 Å². The second-order valence-electron chi connectivity index (χ2n) is 5.12. The molecule has 0 aromatic heterocycles. The molecule has 2 aliphatic rings. The summed E-state index contributed by atoms with van der Waals surface area (Å²) in [7, 11) is 0. The van der Waals surface area contributed by atoms with Gasteiger partial charge in [-0.1, -0.05) is 30.3 Å². The van der Waals surface area contributed by atoms with Crippen LogP contribution in [-0.4, -0.2) is 23.1 Å². The Balaban J connectivity index is 1.99. The molecule has 2 heterocycles. The summed E-state index contributed by atoms with van der Waals surface area (Å²) in [6, 6.07) is 15.8. The number of hydrogen-bond donors (Lipinski definition) is 1. The van der Waals surface area contributed by atoms with Gasteiger partial charge < -0.3 is 10.6 Å². The van der Waals surface area contributed by atoms with Gasteiger partial charge in [0.05, 0.1) is 0 Å². The lowest BCUT2D eigenvalue weighted by Gasteiger charge is -2.32. The minimum absolute atomic E-state index is 0.141. The maximum atomic E-state index is 12.6. The Kier molecular flexibility index (Phi) is 2.39. The topological polar surface area (TPSA) is 46.3 Å². The van der Waals surface area contributed by atoms with Crippen LogP contribution in [0.25, 0.3) is 0 Å². The fourth-order valence-electron chi connectivity index (χ4n) is 3.20. The number of fused-ring (bicyclic) bond motifs is 3. The van der Waals surface area contributed by atoms with Crippen LogP contribution >= 0.6 is 11.8 Å². The number of amides is 1. The number of nitrogens with two attached hydrogens (primary N) is 1. The molecule has 4 heteroatoms. The molecule has 20 heavy (non-hydrogen) atoms. The van der Waals surface area contributed by atoms with E-state index in [1.165, 1.54) is 0 Å². The van der Waals surface area contributed by atoms with Crippen LogP contribution < -0.4 is 5.73 Å². The number of rotatable bonds is 1. The standard InChI is InChI=1S/C16H14N2OS/c17-12-7-5-11(6-8-12)16-14-4-2-1-3-13(14)15(19)18(16)9-10-20-16/h1-8H,9-10,17H2. The number of hydrogen-bond acceptors (Lipinski definition) is 3. The second kappa shape index (κ2) is 4.03. The van der Waals surface area contributed by atoms with Crippen molar-refractivity contribution in [2.45, 2.75) is 4.87 Å². The van der Waals surface area contributed by atoms with Crippen molar-refractivity contribution in [3.8, 4) is 0 Å². The molecule has 0 aliphatic carbocycles. The van der Waals surface area contributed by atoms with Crippen molar-refractivity contribution in [2.24, 2.45) is 0 Å². The molecule has 0 spiro atoms. The molecular weight excluding hydrogens is 268 g/mol. The number of benzene rings is 2. The Morgan fingerprint density at radius 1 is 1.10 bits per heavy atom. The van der Waals surface area contributed by atoms with E-state index < -0.39 is 0 Å². The van der Waals surface area contributed by atoms with Crippen LogP contribution in [0.3, 0.4) is 0 Å². The molecule has 1 fully saturated rings. The summed E-state index contributed by atoms with van der Waals surface area (Å²) >= 11 is 1.83. The fourth-order valence-corrected chi connectivity index (χ4v) is 4.74. The Labute approximate surface area is 121 Å². The van der Waals surface area contributed by atoms with Crippen molar-refractivity contribution in [3.05, 3.63) is 65.2 Å². The lowest BCUT2D eigenvalue weighted by Crippen LogP contribution is -2.37. The molecule has 0 saturated carbocycles. The van der Waals surface area contributed by atoms with E-state index in [-0.39, 0.29) is 10.8 Å². The van der Waals surface area contributed by atoms with Gasteiger partial charge in [0.1, 0.15) is 4.87 Å². The van der Waals surface area contributed by atoms with Crippen LogP contribution in [0.15, 0.2) is 48.5 Å². The average molecular weight is 282 g/mol. The van der Waals surface area contributed by atoms with Crippen LogP contribution in [0, 0.1) is 0 Å². The minimum atomic E-state index is -0.360. The van der Waals surface area contributed by atoms with Gasteiger partial charge >= 0.3 is 0 Å². The summed E-state index contributed by atoms with van der Waals surface area (Å²) in [6.07, 6.45) is 0. The molecular formula is C16H14N2OS. The van der Waals surface area contributed by atoms with Crippen LogP contribution in [-0.2, 0) is 4.87 Å². The zero-order valence-electron chi connectivity index (χ0n) is 10.9. The highest BCUT2D eigenvalue weighted by atomic mass is 32.2. The zero-order valence-corrected chi connectivity index (χ0v) is 11.7. The number of carbonyl (C=O) groups is 1. The molecule has 0 bridgehead atoms. The summed E-state index contributed by atoms with van der Waals surface area (Å²) in [5.74, 6) is 1.10.